The van der Waals surface area contributed by atoms with Crippen LogP contribution >= 0.6 is 0 Å². The second-order valence-electron chi connectivity index (χ2n) is 5.85. The fourth-order valence-corrected chi connectivity index (χ4v) is 3.56. The summed E-state index contributed by atoms with van der Waals surface area (Å²) >= 11 is 0. The predicted octanol–water partition coefficient (Wildman–Crippen LogP) is 3.48. The number of hydrogen-bond donors (Lipinski definition) is 0. The Bertz CT molecular complexity index is 456. The molecular formula is C16H20FNO. The number of hydrogen-bond acceptors (Lipinski definition) is 1. The Kier molecular flexibility index (Phi) is 3.54. The van der Waals surface area contributed by atoms with Crippen LogP contribution < -0.4 is 0 Å². The summed E-state index contributed by atoms with van der Waals surface area (Å²) in [7, 11) is 0. The molecule has 2 unspecified atom stereocenters. The summed E-state index contributed by atoms with van der Waals surface area (Å²) in [5.41, 5.74) is 0.607. The van der Waals surface area contributed by atoms with Gasteiger partial charge in [0.15, 0.2) is 0 Å². The van der Waals surface area contributed by atoms with Crippen molar-refractivity contribution in [3.05, 3.63) is 35.6 Å². The lowest BCUT2D eigenvalue weighted by Crippen LogP contribution is -2.44. The topological polar surface area (TPSA) is 20.3 Å². The first-order valence-corrected chi connectivity index (χ1v) is 7.29. The third-order valence-corrected chi connectivity index (χ3v) is 4.67. The number of fused-ring (bicyclic) bond motifs is 1. The maximum Gasteiger partial charge on any atom is 0.253 e. The van der Waals surface area contributed by atoms with E-state index in [2.05, 4.69) is 0 Å². The van der Waals surface area contributed by atoms with Gasteiger partial charge in [-0.2, -0.15) is 0 Å². The summed E-state index contributed by atoms with van der Waals surface area (Å²) in [6.45, 7) is 1.75. The lowest BCUT2D eigenvalue weighted by atomic mass is 9.75. The Balaban J connectivity index is 1.69. The maximum absolute atomic E-state index is 12.9. The minimum Gasteiger partial charge on any atom is -0.338 e. The van der Waals surface area contributed by atoms with Crippen LogP contribution in [0.3, 0.4) is 0 Å². The van der Waals surface area contributed by atoms with Crippen molar-refractivity contribution in [1.29, 1.82) is 0 Å². The van der Waals surface area contributed by atoms with Crippen molar-refractivity contribution in [3.63, 3.8) is 0 Å². The van der Waals surface area contributed by atoms with E-state index in [1.165, 1.54) is 37.8 Å². The van der Waals surface area contributed by atoms with Crippen molar-refractivity contribution in [1.82, 2.24) is 4.90 Å². The van der Waals surface area contributed by atoms with Gasteiger partial charge in [0.05, 0.1) is 0 Å². The molecule has 1 aromatic rings. The van der Waals surface area contributed by atoms with Crippen molar-refractivity contribution in [2.45, 2.75) is 32.1 Å². The molecule has 1 aliphatic carbocycles. The Morgan fingerprint density at radius 1 is 1.05 bits per heavy atom. The highest BCUT2D eigenvalue weighted by molar-refractivity contribution is 5.94. The zero-order chi connectivity index (χ0) is 13.2. The van der Waals surface area contributed by atoms with Gasteiger partial charge in [0.25, 0.3) is 5.91 Å². The van der Waals surface area contributed by atoms with Crippen LogP contribution in [-0.4, -0.2) is 23.9 Å². The number of benzene rings is 1. The van der Waals surface area contributed by atoms with Crippen LogP contribution in [0.4, 0.5) is 4.39 Å². The van der Waals surface area contributed by atoms with Crippen molar-refractivity contribution < 1.29 is 9.18 Å². The number of carbonyl (C=O) groups excluding carboxylic acids is 1. The van der Waals surface area contributed by atoms with Crippen LogP contribution in [0.25, 0.3) is 0 Å². The summed E-state index contributed by atoms with van der Waals surface area (Å²) in [5, 5.41) is 0. The molecule has 1 saturated heterocycles. The third-order valence-electron chi connectivity index (χ3n) is 4.67. The molecule has 3 heteroatoms. The van der Waals surface area contributed by atoms with Gasteiger partial charge in [0.1, 0.15) is 5.82 Å². The summed E-state index contributed by atoms with van der Waals surface area (Å²) < 4.78 is 12.9. The van der Waals surface area contributed by atoms with Crippen molar-refractivity contribution in [3.8, 4) is 0 Å². The molecule has 1 saturated carbocycles. The highest BCUT2D eigenvalue weighted by atomic mass is 19.1. The maximum atomic E-state index is 12.9. The molecule has 0 bridgehead atoms. The Morgan fingerprint density at radius 3 is 2.47 bits per heavy atom. The highest BCUT2D eigenvalue weighted by Crippen LogP contribution is 2.36. The molecule has 0 N–H and O–H groups in total. The Labute approximate surface area is 113 Å². The Morgan fingerprint density at radius 2 is 1.74 bits per heavy atom. The molecule has 0 aromatic heterocycles. The van der Waals surface area contributed by atoms with Gasteiger partial charge in [0, 0.05) is 18.7 Å². The molecule has 19 heavy (non-hydrogen) atoms. The zero-order valence-corrected chi connectivity index (χ0v) is 11.1. The van der Waals surface area contributed by atoms with E-state index in [9.17, 15) is 9.18 Å². The SMILES string of the molecule is O=C(c1ccc(F)cc1)N1CCC2CCCCC2C1. The first kappa shape index (κ1) is 12.6. The fraction of sp³-hybridized carbons (Fsp3) is 0.562. The van der Waals surface area contributed by atoms with Gasteiger partial charge in [-0.3, -0.25) is 4.79 Å². The second kappa shape index (κ2) is 5.32. The van der Waals surface area contributed by atoms with E-state index in [1.807, 2.05) is 4.90 Å². The average molecular weight is 261 g/mol. The van der Waals surface area contributed by atoms with Crippen LogP contribution in [0.5, 0.6) is 0 Å². The zero-order valence-electron chi connectivity index (χ0n) is 11.1. The van der Waals surface area contributed by atoms with Crippen LogP contribution in [0.15, 0.2) is 24.3 Å². The molecule has 1 amide bonds. The van der Waals surface area contributed by atoms with E-state index < -0.39 is 0 Å². The third kappa shape index (κ3) is 2.65. The predicted molar refractivity (Wildman–Crippen MR) is 72.4 cm³/mol. The minimum atomic E-state index is -0.289. The molecule has 1 aromatic carbocycles. The fourth-order valence-electron chi connectivity index (χ4n) is 3.56. The normalized spacial score (nSPS) is 26.9. The summed E-state index contributed by atoms with van der Waals surface area (Å²) in [6.07, 6.45) is 6.39. The quantitative estimate of drug-likeness (QED) is 0.758. The van der Waals surface area contributed by atoms with Gasteiger partial charge < -0.3 is 4.90 Å². The molecule has 0 spiro atoms. The molecule has 2 fully saturated rings. The highest BCUT2D eigenvalue weighted by Gasteiger charge is 2.33. The number of halogens is 1. The molecule has 102 valence electrons. The van der Waals surface area contributed by atoms with Gasteiger partial charge in [0.2, 0.25) is 0 Å². The second-order valence-corrected chi connectivity index (χ2v) is 5.85. The van der Waals surface area contributed by atoms with Gasteiger partial charge in [-0.1, -0.05) is 19.3 Å². The van der Waals surface area contributed by atoms with E-state index in [1.54, 1.807) is 12.1 Å². The molecule has 1 aliphatic heterocycles. The Hall–Kier alpha value is -1.38. The van der Waals surface area contributed by atoms with E-state index in [0.29, 0.717) is 11.5 Å². The molecule has 2 aliphatic rings. The summed E-state index contributed by atoms with van der Waals surface area (Å²) in [6, 6.07) is 5.90. The smallest absolute Gasteiger partial charge is 0.253 e. The molecule has 2 atom stereocenters. The molecule has 3 rings (SSSR count). The van der Waals surface area contributed by atoms with Crippen molar-refractivity contribution in [2.24, 2.45) is 11.8 Å². The van der Waals surface area contributed by atoms with E-state index >= 15 is 0 Å². The molecular weight excluding hydrogens is 241 g/mol. The monoisotopic (exact) mass is 261 g/mol. The lowest BCUT2D eigenvalue weighted by molar-refractivity contribution is 0.0521. The van der Waals surface area contributed by atoms with Crippen molar-refractivity contribution in [2.75, 3.05) is 13.1 Å². The van der Waals surface area contributed by atoms with Crippen molar-refractivity contribution >= 4 is 5.91 Å². The number of rotatable bonds is 1. The first-order chi connectivity index (χ1) is 9.24. The number of likely N-dealkylation sites (tertiary alicyclic amines) is 1. The number of nitrogens with zero attached hydrogens (tertiary/aromatic N) is 1. The number of amides is 1. The van der Waals surface area contributed by atoms with Crippen LogP contribution in [0.1, 0.15) is 42.5 Å². The molecule has 0 radical (unpaired) electrons. The van der Waals surface area contributed by atoms with E-state index in [4.69, 9.17) is 0 Å². The lowest BCUT2D eigenvalue weighted by Gasteiger charge is -2.41. The van der Waals surface area contributed by atoms with Gasteiger partial charge in [-0.15, -0.1) is 0 Å². The number of piperidine rings is 1. The standard InChI is InChI=1S/C16H20FNO/c17-15-7-5-13(6-8-15)16(19)18-10-9-12-3-1-2-4-14(12)11-18/h5-8,12,14H,1-4,9-11H2. The van der Waals surface area contributed by atoms with Gasteiger partial charge in [-0.05, 0) is 48.9 Å². The number of carbonyl (C=O) groups is 1. The summed E-state index contributed by atoms with van der Waals surface area (Å²) in [5.74, 6) is 1.28. The minimum absolute atomic E-state index is 0.0593. The molecule has 2 nitrogen and oxygen atoms in total. The average Bonchev–Trinajstić information content (AvgIpc) is 2.47. The van der Waals surface area contributed by atoms with Crippen LogP contribution in [0, 0.1) is 17.7 Å². The van der Waals surface area contributed by atoms with E-state index in [0.717, 1.165) is 25.4 Å². The van der Waals surface area contributed by atoms with Crippen LogP contribution in [-0.2, 0) is 0 Å². The largest absolute Gasteiger partial charge is 0.338 e. The van der Waals surface area contributed by atoms with Crippen LogP contribution in [0.2, 0.25) is 0 Å². The first-order valence-electron chi connectivity index (χ1n) is 7.29. The molecule has 1 heterocycles. The van der Waals surface area contributed by atoms with Gasteiger partial charge in [-0.25, -0.2) is 4.39 Å². The van der Waals surface area contributed by atoms with Gasteiger partial charge >= 0.3 is 0 Å². The summed E-state index contributed by atoms with van der Waals surface area (Å²) in [4.78, 5) is 14.3. The van der Waals surface area contributed by atoms with E-state index in [-0.39, 0.29) is 11.7 Å².